The highest BCUT2D eigenvalue weighted by Crippen LogP contribution is 2.23. The van der Waals surface area contributed by atoms with Gasteiger partial charge in [0.2, 0.25) is 5.91 Å². The molecule has 2 N–H and O–H groups in total. The summed E-state index contributed by atoms with van der Waals surface area (Å²) in [6.07, 6.45) is 0. The van der Waals surface area contributed by atoms with Gasteiger partial charge in [0.15, 0.2) is 0 Å². The van der Waals surface area contributed by atoms with Gasteiger partial charge in [0, 0.05) is 13.1 Å². The van der Waals surface area contributed by atoms with E-state index in [1.165, 1.54) is 5.56 Å². The second kappa shape index (κ2) is 6.01. The average Bonchev–Trinajstić information content (AvgIpc) is 2.34. The SMILES string of the molecule is CNC(=O)[C@H](NC(C)c1ccccc1)C(C)(C)C. The third-order valence-electron chi connectivity index (χ3n) is 3.09. The van der Waals surface area contributed by atoms with Crippen molar-refractivity contribution in [3.8, 4) is 0 Å². The highest BCUT2D eigenvalue weighted by Gasteiger charge is 2.31. The van der Waals surface area contributed by atoms with Gasteiger partial charge in [-0.15, -0.1) is 0 Å². The molecule has 0 saturated carbocycles. The second-order valence-electron chi connectivity index (χ2n) is 5.71. The molecule has 0 aliphatic heterocycles. The minimum atomic E-state index is -0.210. The fourth-order valence-corrected chi connectivity index (χ4v) is 1.95. The third kappa shape index (κ3) is 3.84. The zero-order valence-corrected chi connectivity index (χ0v) is 11.9. The van der Waals surface area contributed by atoms with Gasteiger partial charge in [0.05, 0.1) is 6.04 Å². The third-order valence-corrected chi connectivity index (χ3v) is 3.09. The number of nitrogens with one attached hydrogen (secondary N) is 2. The van der Waals surface area contributed by atoms with Gasteiger partial charge in [-0.05, 0) is 17.9 Å². The zero-order chi connectivity index (χ0) is 13.8. The molecule has 0 heterocycles. The maximum absolute atomic E-state index is 12.0. The first-order chi connectivity index (χ1) is 8.36. The molecule has 1 unspecified atom stereocenters. The molecule has 2 atom stereocenters. The largest absolute Gasteiger partial charge is 0.358 e. The summed E-state index contributed by atoms with van der Waals surface area (Å²) in [5, 5.41) is 6.14. The van der Waals surface area contributed by atoms with Gasteiger partial charge in [-0.2, -0.15) is 0 Å². The Morgan fingerprint density at radius 3 is 2.17 bits per heavy atom. The van der Waals surface area contributed by atoms with E-state index in [4.69, 9.17) is 0 Å². The first-order valence-electron chi connectivity index (χ1n) is 6.39. The quantitative estimate of drug-likeness (QED) is 0.859. The summed E-state index contributed by atoms with van der Waals surface area (Å²) >= 11 is 0. The Kier molecular flexibility index (Phi) is 4.91. The van der Waals surface area contributed by atoms with Crippen molar-refractivity contribution >= 4 is 5.91 Å². The molecule has 3 nitrogen and oxygen atoms in total. The lowest BCUT2D eigenvalue weighted by Crippen LogP contribution is -2.51. The number of hydrogen-bond donors (Lipinski definition) is 2. The molecule has 0 spiro atoms. The van der Waals surface area contributed by atoms with Crippen molar-refractivity contribution in [1.82, 2.24) is 10.6 Å². The monoisotopic (exact) mass is 248 g/mol. The van der Waals surface area contributed by atoms with Gasteiger partial charge in [0.25, 0.3) is 0 Å². The van der Waals surface area contributed by atoms with Crippen molar-refractivity contribution in [1.29, 1.82) is 0 Å². The van der Waals surface area contributed by atoms with Crippen LogP contribution in [0.25, 0.3) is 0 Å². The molecule has 3 heteroatoms. The number of carbonyl (C=O) groups excluding carboxylic acids is 1. The summed E-state index contributed by atoms with van der Waals surface area (Å²) < 4.78 is 0. The minimum absolute atomic E-state index is 0.0327. The van der Waals surface area contributed by atoms with E-state index in [0.717, 1.165) is 0 Å². The summed E-state index contributed by atoms with van der Waals surface area (Å²) in [5.41, 5.74) is 1.07. The molecule has 0 radical (unpaired) electrons. The minimum Gasteiger partial charge on any atom is -0.358 e. The first-order valence-corrected chi connectivity index (χ1v) is 6.39. The number of carbonyl (C=O) groups is 1. The number of benzene rings is 1. The van der Waals surface area contributed by atoms with Crippen LogP contribution in [0.2, 0.25) is 0 Å². The van der Waals surface area contributed by atoms with E-state index in [0.29, 0.717) is 0 Å². The van der Waals surface area contributed by atoms with E-state index in [-0.39, 0.29) is 23.4 Å². The maximum atomic E-state index is 12.0. The number of rotatable bonds is 4. The molecule has 1 aromatic rings. The smallest absolute Gasteiger partial charge is 0.237 e. The van der Waals surface area contributed by atoms with Crippen molar-refractivity contribution in [3.05, 3.63) is 35.9 Å². The van der Waals surface area contributed by atoms with Crippen molar-refractivity contribution in [2.24, 2.45) is 5.41 Å². The van der Waals surface area contributed by atoms with Gasteiger partial charge in [0.1, 0.15) is 0 Å². The van der Waals surface area contributed by atoms with E-state index in [1.807, 2.05) is 18.2 Å². The number of hydrogen-bond acceptors (Lipinski definition) is 2. The maximum Gasteiger partial charge on any atom is 0.237 e. The first kappa shape index (κ1) is 14.7. The molecule has 100 valence electrons. The Hall–Kier alpha value is -1.35. The average molecular weight is 248 g/mol. The van der Waals surface area contributed by atoms with Crippen LogP contribution in [0.3, 0.4) is 0 Å². The number of likely N-dealkylation sites (N-methyl/N-ethyl adjacent to an activating group) is 1. The fourth-order valence-electron chi connectivity index (χ4n) is 1.95. The topological polar surface area (TPSA) is 41.1 Å². The van der Waals surface area contributed by atoms with Crippen molar-refractivity contribution in [2.75, 3.05) is 7.05 Å². The molecule has 1 rings (SSSR count). The lowest BCUT2D eigenvalue weighted by molar-refractivity contribution is -0.125. The van der Waals surface area contributed by atoms with Crippen LogP contribution in [0.5, 0.6) is 0 Å². The summed E-state index contributed by atoms with van der Waals surface area (Å²) in [6, 6.07) is 10.1. The Bertz CT molecular complexity index is 381. The highest BCUT2D eigenvalue weighted by atomic mass is 16.2. The van der Waals surface area contributed by atoms with Crippen LogP contribution < -0.4 is 10.6 Å². The number of amides is 1. The molecule has 0 aliphatic rings. The second-order valence-corrected chi connectivity index (χ2v) is 5.71. The standard InChI is InChI=1S/C15H24N2O/c1-11(12-9-7-6-8-10-12)17-13(14(18)16-5)15(2,3)4/h6-11,13,17H,1-5H3,(H,16,18)/t11?,13-/m0/s1. The normalized spacial score (nSPS) is 14.9. The molecule has 1 aromatic carbocycles. The lowest BCUT2D eigenvalue weighted by Gasteiger charge is -2.32. The highest BCUT2D eigenvalue weighted by molar-refractivity contribution is 5.82. The Morgan fingerprint density at radius 1 is 1.17 bits per heavy atom. The van der Waals surface area contributed by atoms with E-state index in [2.05, 4.69) is 50.5 Å². The van der Waals surface area contributed by atoms with Crippen molar-refractivity contribution < 1.29 is 4.79 Å². The van der Waals surface area contributed by atoms with E-state index < -0.39 is 0 Å². The molecule has 0 bridgehead atoms. The predicted molar refractivity (Wildman–Crippen MR) is 75.3 cm³/mol. The van der Waals surface area contributed by atoms with Crippen LogP contribution in [-0.4, -0.2) is 19.0 Å². The van der Waals surface area contributed by atoms with Crippen LogP contribution in [0.1, 0.15) is 39.3 Å². The zero-order valence-electron chi connectivity index (χ0n) is 11.9. The van der Waals surface area contributed by atoms with Crippen molar-refractivity contribution in [2.45, 2.75) is 39.8 Å². The van der Waals surface area contributed by atoms with Crippen LogP contribution >= 0.6 is 0 Å². The molecular formula is C15H24N2O. The predicted octanol–water partition coefficient (Wildman–Crippen LogP) is 2.50. The summed E-state index contributed by atoms with van der Waals surface area (Å²) in [7, 11) is 1.68. The molecule has 0 aromatic heterocycles. The van der Waals surface area contributed by atoms with E-state index >= 15 is 0 Å². The van der Waals surface area contributed by atoms with Crippen LogP contribution in [0.15, 0.2) is 30.3 Å². The fraction of sp³-hybridized carbons (Fsp3) is 0.533. The van der Waals surface area contributed by atoms with Gasteiger partial charge < -0.3 is 5.32 Å². The van der Waals surface area contributed by atoms with Crippen molar-refractivity contribution in [3.63, 3.8) is 0 Å². The van der Waals surface area contributed by atoms with Crippen LogP contribution in [0, 0.1) is 5.41 Å². The summed E-state index contributed by atoms with van der Waals surface area (Å²) in [4.78, 5) is 12.0. The van der Waals surface area contributed by atoms with Crippen LogP contribution in [0.4, 0.5) is 0 Å². The molecule has 1 amide bonds. The molecule has 0 aliphatic carbocycles. The summed E-state index contributed by atoms with van der Waals surface area (Å²) in [6.45, 7) is 8.28. The Labute approximate surface area is 110 Å². The van der Waals surface area contributed by atoms with Gasteiger partial charge in [-0.3, -0.25) is 10.1 Å². The van der Waals surface area contributed by atoms with E-state index in [9.17, 15) is 4.79 Å². The molecular weight excluding hydrogens is 224 g/mol. The summed E-state index contributed by atoms with van der Waals surface area (Å²) in [5.74, 6) is 0.0327. The van der Waals surface area contributed by atoms with Crippen LogP contribution in [-0.2, 0) is 4.79 Å². The Morgan fingerprint density at radius 2 is 1.72 bits per heavy atom. The molecule has 0 saturated heterocycles. The molecule has 0 fully saturated rings. The van der Waals surface area contributed by atoms with Gasteiger partial charge >= 0.3 is 0 Å². The van der Waals surface area contributed by atoms with E-state index in [1.54, 1.807) is 7.05 Å². The molecule has 18 heavy (non-hydrogen) atoms. The Balaban J connectivity index is 2.82. The van der Waals surface area contributed by atoms with Gasteiger partial charge in [-0.25, -0.2) is 0 Å². The lowest BCUT2D eigenvalue weighted by atomic mass is 9.85. The van der Waals surface area contributed by atoms with Gasteiger partial charge in [-0.1, -0.05) is 51.1 Å².